The predicted molar refractivity (Wildman–Crippen MR) is 95.9 cm³/mol. The maximum absolute atomic E-state index is 13.2. The molecule has 0 aromatic heterocycles. The molecule has 8 heteroatoms. The van der Waals surface area contributed by atoms with Crippen LogP contribution in [0.2, 0.25) is 0 Å². The maximum Gasteiger partial charge on any atom is 0.247 e. The summed E-state index contributed by atoms with van der Waals surface area (Å²) in [6, 6.07) is 3.84. The molecule has 1 saturated heterocycles. The highest BCUT2D eigenvalue weighted by molar-refractivity contribution is 7.89. The second kappa shape index (κ2) is 7.72. The lowest BCUT2D eigenvalue weighted by atomic mass is 10.1. The summed E-state index contributed by atoms with van der Waals surface area (Å²) in [6.45, 7) is 6.74. The summed E-state index contributed by atoms with van der Waals surface area (Å²) in [5.41, 5.74) is 6.80. The van der Waals surface area contributed by atoms with E-state index in [1.807, 2.05) is 20.8 Å². The van der Waals surface area contributed by atoms with Gasteiger partial charge in [-0.05, 0) is 44.9 Å². The first-order valence-electron chi connectivity index (χ1n) is 8.47. The number of aryl methyl sites for hydroxylation is 1. The van der Waals surface area contributed by atoms with Crippen LogP contribution in [0.3, 0.4) is 0 Å². The van der Waals surface area contributed by atoms with Crippen molar-refractivity contribution in [2.75, 3.05) is 26.7 Å². The van der Waals surface area contributed by atoms with Crippen molar-refractivity contribution in [3.05, 3.63) is 23.8 Å². The van der Waals surface area contributed by atoms with Crippen LogP contribution in [0.15, 0.2) is 23.1 Å². The minimum atomic E-state index is -3.90. The molecule has 1 aromatic rings. The molecule has 1 aliphatic heterocycles. The molecule has 1 amide bonds. The third-order valence-corrected chi connectivity index (χ3v) is 6.45. The van der Waals surface area contributed by atoms with Gasteiger partial charge in [0.2, 0.25) is 15.9 Å². The maximum atomic E-state index is 13.2. The molecule has 0 bridgehead atoms. The van der Waals surface area contributed by atoms with Gasteiger partial charge in [0.25, 0.3) is 0 Å². The molecule has 0 aliphatic carbocycles. The number of benzene rings is 1. The van der Waals surface area contributed by atoms with Crippen molar-refractivity contribution < 1.29 is 17.9 Å². The summed E-state index contributed by atoms with van der Waals surface area (Å²) in [5, 5.41) is 0. The lowest BCUT2D eigenvalue weighted by Gasteiger charge is -2.28. The van der Waals surface area contributed by atoms with Crippen LogP contribution < -0.4 is 10.5 Å². The van der Waals surface area contributed by atoms with Crippen molar-refractivity contribution in [2.45, 2.75) is 44.2 Å². The summed E-state index contributed by atoms with van der Waals surface area (Å²) in [7, 11) is -2.47. The standard InChI is InChI=1S/C17H27N3O4S/c1-5-19(6-2)17(21)14-10-13(18)11-20(14)25(22,23)16-9-12(3)7-8-15(16)24-4/h7-9,13-14H,5-6,10-11,18H2,1-4H3. The van der Waals surface area contributed by atoms with Crippen LogP contribution >= 0.6 is 0 Å². The predicted octanol–water partition coefficient (Wildman–Crippen LogP) is 0.962. The molecule has 1 fully saturated rings. The Morgan fingerprint density at radius 3 is 2.56 bits per heavy atom. The van der Waals surface area contributed by atoms with Gasteiger partial charge >= 0.3 is 0 Å². The van der Waals surface area contributed by atoms with E-state index in [1.165, 1.54) is 11.4 Å². The van der Waals surface area contributed by atoms with Gasteiger partial charge in [-0.15, -0.1) is 0 Å². The van der Waals surface area contributed by atoms with Crippen LogP contribution in [-0.4, -0.2) is 62.4 Å². The minimum Gasteiger partial charge on any atom is -0.495 e. The largest absolute Gasteiger partial charge is 0.495 e. The first kappa shape index (κ1) is 19.7. The van der Waals surface area contributed by atoms with E-state index in [1.54, 1.807) is 23.1 Å². The number of sulfonamides is 1. The van der Waals surface area contributed by atoms with Gasteiger partial charge in [-0.2, -0.15) is 4.31 Å². The van der Waals surface area contributed by atoms with Crippen LogP contribution in [0.4, 0.5) is 0 Å². The van der Waals surface area contributed by atoms with Crippen LogP contribution in [-0.2, 0) is 14.8 Å². The van der Waals surface area contributed by atoms with E-state index in [9.17, 15) is 13.2 Å². The molecule has 2 N–H and O–H groups in total. The SMILES string of the molecule is CCN(CC)C(=O)C1CC(N)CN1S(=O)(=O)c1cc(C)ccc1OC. The van der Waals surface area contributed by atoms with Crippen molar-refractivity contribution in [1.29, 1.82) is 0 Å². The topological polar surface area (TPSA) is 92.9 Å². The summed E-state index contributed by atoms with van der Waals surface area (Å²) >= 11 is 0. The average Bonchev–Trinajstić information content (AvgIpc) is 2.98. The van der Waals surface area contributed by atoms with E-state index in [0.717, 1.165) is 5.56 Å². The van der Waals surface area contributed by atoms with Gasteiger partial charge in [-0.25, -0.2) is 8.42 Å². The zero-order valence-corrected chi connectivity index (χ0v) is 16.0. The highest BCUT2D eigenvalue weighted by Gasteiger charge is 2.44. The van der Waals surface area contributed by atoms with Gasteiger partial charge in [0.1, 0.15) is 16.7 Å². The Balaban J connectivity index is 2.46. The highest BCUT2D eigenvalue weighted by atomic mass is 32.2. The fourth-order valence-electron chi connectivity index (χ4n) is 3.18. The van der Waals surface area contributed by atoms with Crippen molar-refractivity contribution in [1.82, 2.24) is 9.21 Å². The Kier molecular flexibility index (Phi) is 6.08. The molecule has 1 aromatic carbocycles. The number of ether oxygens (including phenoxy) is 1. The van der Waals surface area contributed by atoms with Gasteiger partial charge in [-0.1, -0.05) is 6.07 Å². The van der Waals surface area contributed by atoms with Crippen molar-refractivity contribution in [3.63, 3.8) is 0 Å². The molecule has 0 spiro atoms. The van der Waals surface area contributed by atoms with Gasteiger partial charge in [0.05, 0.1) is 7.11 Å². The molecule has 0 saturated carbocycles. The highest BCUT2D eigenvalue weighted by Crippen LogP contribution is 2.32. The average molecular weight is 369 g/mol. The van der Waals surface area contributed by atoms with E-state index in [2.05, 4.69) is 0 Å². The quantitative estimate of drug-likeness (QED) is 0.806. The summed E-state index contributed by atoms with van der Waals surface area (Å²) in [5.74, 6) is 0.0632. The second-order valence-corrected chi connectivity index (χ2v) is 8.11. The van der Waals surface area contributed by atoms with Gasteiger partial charge < -0.3 is 15.4 Å². The molecule has 25 heavy (non-hydrogen) atoms. The molecule has 7 nitrogen and oxygen atoms in total. The number of hydrogen-bond donors (Lipinski definition) is 1. The van der Waals surface area contributed by atoms with Gasteiger partial charge in [-0.3, -0.25) is 4.79 Å². The Hall–Kier alpha value is -1.64. The number of rotatable bonds is 6. The second-order valence-electron chi connectivity index (χ2n) is 6.25. The van der Waals surface area contributed by atoms with Crippen molar-refractivity contribution in [3.8, 4) is 5.75 Å². The van der Waals surface area contributed by atoms with Crippen LogP contribution in [0.25, 0.3) is 0 Å². The van der Waals surface area contributed by atoms with Gasteiger partial charge in [0, 0.05) is 25.7 Å². The minimum absolute atomic E-state index is 0.0708. The smallest absolute Gasteiger partial charge is 0.247 e. The monoisotopic (exact) mass is 369 g/mol. The number of hydrogen-bond acceptors (Lipinski definition) is 5. The molecule has 2 unspecified atom stereocenters. The Labute approximate surface area is 149 Å². The number of nitrogens with zero attached hydrogens (tertiary/aromatic N) is 2. The third-order valence-electron chi connectivity index (χ3n) is 4.55. The van der Waals surface area contributed by atoms with Gasteiger partial charge in [0.15, 0.2) is 0 Å². The molecule has 0 radical (unpaired) electrons. The van der Waals surface area contributed by atoms with E-state index < -0.39 is 16.1 Å². The molecule has 140 valence electrons. The van der Waals surface area contributed by atoms with E-state index in [4.69, 9.17) is 10.5 Å². The fraction of sp³-hybridized carbons (Fsp3) is 0.588. The molecule has 1 heterocycles. The molecule has 1 aliphatic rings. The Morgan fingerprint density at radius 1 is 1.36 bits per heavy atom. The first-order chi connectivity index (χ1) is 11.8. The van der Waals surface area contributed by atoms with E-state index in [0.29, 0.717) is 19.5 Å². The summed E-state index contributed by atoms with van der Waals surface area (Å²) < 4.78 is 32.9. The van der Waals surface area contributed by atoms with Crippen LogP contribution in [0, 0.1) is 6.92 Å². The summed E-state index contributed by atoms with van der Waals surface area (Å²) in [4.78, 5) is 14.5. The number of carbonyl (C=O) groups is 1. The zero-order chi connectivity index (χ0) is 18.8. The number of amides is 1. The van der Waals surface area contributed by atoms with Crippen molar-refractivity contribution in [2.24, 2.45) is 5.73 Å². The lowest BCUT2D eigenvalue weighted by Crippen LogP contribution is -2.47. The molecule has 2 rings (SSSR count). The molecule has 2 atom stereocenters. The molecular weight excluding hydrogens is 342 g/mol. The Morgan fingerprint density at radius 2 is 2.00 bits per heavy atom. The number of methoxy groups -OCH3 is 1. The number of likely N-dealkylation sites (N-methyl/N-ethyl adjacent to an activating group) is 1. The third kappa shape index (κ3) is 3.80. The molecular formula is C17H27N3O4S. The van der Waals surface area contributed by atoms with Crippen LogP contribution in [0.1, 0.15) is 25.8 Å². The first-order valence-corrected chi connectivity index (χ1v) is 9.91. The zero-order valence-electron chi connectivity index (χ0n) is 15.2. The normalized spacial score (nSPS) is 21.3. The van der Waals surface area contributed by atoms with E-state index >= 15 is 0 Å². The van der Waals surface area contributed by atoms with Crippen LogP contribution in [0.5, 0.6) is 5.75 Å². The number of carbonyl (C=O) groups excluding carboxylic acids is 1. The number of nitrogens with two attached hydrogens (primary N) is 1. The van der Waals surface area contributed by atoms with Crippen molar-refractivity contribution >= 4 is 15.9 Å². The fourth-order valence-corrected chi connectivity index (χ4v) is 5.08. The lowest BCUT2D eigenvalue weighted by molar-refractivity contribution is -0.134. The Bertz CT molecular complexity index is 731. The summed E-state index contributed by atoms with van der Waals surface area (Å²) in [6.07, 6.45) is 0.322. The van der Waals surface area contributed by atoms with E-state index in [-0.39, 0.29) is 29.1 Å².